The highest BCUT2D eigenvalue weighted by atomic mass is 19.4. The zero-order valence-corrected chi connectivity index (χ0v) is 19.2. The molecule has 1 N–H and O–H groups in total. The molecular formula is C25H28F3N5O. The van der Waals surface area contributed by atoms with Crippen LogP contribution in [0.1, 0.15) is 65.8 Å². The average molecular weight is 472 g/mol. The first-order valence-corrected chi connectivity index (χ1v) is 11.4. The van der Waals surface area contributed by atoms with E-state index in [1.54, 1.807) is 0 Å². The molecule has 4 rings (SSSR count). The summed E-state index contributed by atoms with van der Waals surface area (Å²) in [6.45, 7) is 6.25. The van der Waals surface area contributed by atoms with Gasteiger partial charge in [-0.05, 0) is 49.5 Å². The Balaban J connectivity index is 1.55. The lowest BCUT2D eigenvalue weighted by Gasteiger charge is -2.28. The summed E-state index contributed by atoms with van der Waals surface area (Å²) in [5.74, 6) is -0.132. The quantitative estimate of drug-likeness (QED) is 0.528. The van der Waals surface area contributed by atoms with E-state index in [0.717, 1.165) is 43.8 Å². The summed E-state index contributed by atoms with van der Waals surface area (Å²) in [5.41, 5.74) is 1.31. The monoisotopic (exact) mass is 471 g/mol. The summed E-state index contributed by atoms with van der Waals surface area (Å²) in [7, 11) is 0. The minimum Gasteiger partial charge on any atom is -0.350 e. The minimum absolute atomic E-state index is 0.0711. The number of aromatic nitrogens is 3. The van der Waals surface area contributed by atoms with E-state index in [0.29, 0.717) is 17.8 Å². The lowest BCUT2D eigenvalue weighted by molar-refractivity contribution is -0.137. The Morgan fingerprint density at radius 3 is 2.35 bits per heavy atom. The van der Waals surface area contributed by atoms with Gasteiger partial charge in [0.25, 0.3) is 5.91 Å². The van der Waals surface area contributed by atoms with E-state index in [9.17, 15) is 18.0 Å². The molecule has 0 aliphatic carbocycles. The van der Waals surface area contributed by atoms with Crippen LogP contribution in [-0.2, 0) is 6.18 Å². The predicted molar refractivity (Wildman–Crippen MR) is 123 cm³/mol. The highest BCUT2D eigenvalue weighted by Gasteiger charge is 2.31. The fourth-order valence-corrected chi connectivity index (χ4v) is 4.42. The number of rotatable bonds is 7. The van der Waals surface area contributed by atoms with E-state index < -0.39 is 11.7 Å². The number of carbonyl (C=O) groups is 1. The van der Waals surface area contributed by atoms with Gasteiger partial charge in [0.15, 0.2) is 5.82 Å². The third-order valence-corrected chi connectivity index (χ3v) is 6.11. The number of hydrogen-bond donors (Lipinski definition) is 1. The van der Waals surface area contributed by atoms with Gasteiger partial charge in [-0.15, -0.1) is 0 Å². The molecule has 1 saturated heterocycles. The number of alkyl halides is 3. The van der Waals surface area contributed by atoms with E-state index in [2.05, 4.69) is 32.4 Å². The average Bonchev–Trinajstić information content (AvgIpc) is 3.50. The maximum absolute atomic E-state index is 13.2. The number of nitrogens with zero attached hydrogens (tertiary/aromatic N) is 4. The van der Waals surface area contributed by atoms with Gasteiger partial charge in [0.05, 0.1) is 29.1 Å². The third kappa shape index (κ3) is 5.14. The van der Waals surface area contributed by atoms with Crippen molar-refractivity contribution in [3.8, 4) is 5.82 Å². The van der Waals surface area contributed by atoms with Crippen molar-refractivity contribution in [3.63, 3.8) is 0 Å². The molecule has 1 aromatic carbocycles. The lowest BCUT2D eigenvalue weighted by atomic mass is 10.0. The SMILES string of the molecule is CC(C)c1c(C(=O)NCC(c2ccccc2)N2CCCC2)cnn1-c1ccc(C(F)(F)F)cn1. The number of halogens is 3. The van der Waals surface area contributed by atoms with E-state index in [4.69, 9.17) is 0 Å². The van der Waals surface area contributed by atoms with Crippen LogP contribution >= 0.6 is 0 Å². The van der Waals surface area contributed by atoms with E-state index >= 15 is 0 Å². The molecule has 9 heteroatoms. The number of hydrogen-bond acceptors (Lipinski definition) is 4. The molecule has 0 bridgehead atoms. The largest absolute Gasteiger partial charge is 0.417 e. The first kappa shape index (κ1) is 23.9. The maximum Gasteiger partial charge on any atom is 0.417 e. The second-order valence-corrected chi connectivity index (χ2v) is 8.79. The van der Waals surface area contributed by atoms with Crippen LogP contribution in [0.5, 0.6) is 0 Å². The Hall–Kier alpha value is -3.20. The van der Waals surface area contributed by atoms with Crippen LogP contribution < -0.4 is 5.32 Å². The van der Waals surface area contributed by atoms with Crippen molar-refractivity contribution in [2.24, 2.45) is 0 Å². The van der Waals surface area contributed by atoms with Crippen molar-refractivity contribution in [3.05, 3.63) is 77.2 Å². The Labute approximate surface area is 196 Å². The predicted octanol–water partition coefficient (Wildman–Crippen LogP) is 4.98. The molecule has 3 aromatic rings. The molecule has 34 heavy (non-hydrogen) atoms. The Kier molecular flexibility index (Phi) is 7.02. The van der Waals surface area contributed by atoms with Crippen molar-refractivity contribution in [1.29, 1.82) is 0 Å². The summed E-state index contributed by atoms with van der Waals surface area (Å²) in [6, 6.07) is 12.4. The first-order valence-electron chi connectivity index (χ1n) is 11.4. The highest BCUT2D eigenvalue weighted by molar-refractivity contribution is 5.95. The van der Waals surface area contributed by atoms with Crippen LogP contribution in [-0.4, -0.2) is 45.2 Å². The molecule has 0 saturated carbocycles. The van der Waals surface area contributed by atoms with Gasteiger partial charge >= 0.3 is 6.18 Å². The van der Waals surface area contributed by atoms with Gasteiger partial charge in [0.2, 0.25) is 0 Å². The standard InChI is InChI=1S/C25H28F3N5O/c1-17(2)23-20(15-31-33(23)22-11-10-19(14-29-22)25(26,27)28)24(34)30-16-21(32-12-6-7-13-32)18-8-4-3-5-9-18/h3-5,8-11,14-15,17,21H,6-7,12-13,16H2,1-2H3,(H,30,34). The molecule has 1 fully saturated rings. The second kappa shape index (κ2) is 9.97. The van der Waals surface area contributed by atoms with Crippen LogP contribution in [0.3, 0.4) is 0 Å². The number of carbonyl (C=O) groups excluding carboxylic acids is 1. The van der Waals surface area contributed by atoms with Crippen molar-refractivity contribution in [1.82, 2.24) is 25.0 Å². The molecule has 2 aromatic heterocycles. The normalized spacial score (nSPS) is 15.6. The van der Waals surface area contributed by atoms with Crippen molar-refractivity contribution >= 4 is 5.91 Å². The topological polar surface area (TPSA) is 63.1 Å². The number of nitrogens with one attached hydrogen (secondary N) is 1. The van der Waals surface area contributed by atoms with E-state index in [1.165, 1.54) is 16.9 Å². The van der Waals surface area contributed by atoms with Gasteiger partial charge in [-0.3, -0.25) is 9.69 Å². The minimum atomic E-state index is -4.47. The molecule has 0 spiro atoms. The molecule has 1 aliphatic rings. The zero-order chi connectivity index (χ0) is 24.3. The van der Waals surface area contributed by atoms with Gasteiger partial charge in [0, 0.05) is 12.7 Å². The smallest absolute Gasteiger partial charge is 0.350 e. The summed E-state index contributed by atoms with van der Waals surface area (Å²) in [4.78, 5) is 19.5. The van der Waals surface area contributed by atoms with Gasteiger partial charge in [-0.2, -0.15) is 18.3 Å². The van der Waals surface area contributed by atoms with Crippen molar-refractivity contribution < 1.29 is 18.0 Å². The third-order valence-electron chi connectivity index (χ3n) is 6.11. The Morgan fingerprint density at radius 2 is 1.76 bits per heavy atom. The summed E-state index contributed by atoms with van der Waals surface area (Å²) in [5, 5.41) is 7.35. The first-order chi connectivity index (χ1) is 16.3. The molecule has 6 nitrogen and oxygen atoms in total. The molecule has 1 amide bonds. The van der Waals surface area contributed by atoms with Crippen LogP contribution in [0.4, 0.5) is 13.2 Å². The molecular weight excluding hydrogens is 443 g/mol. The number of benzene rings is 1. The summed E-state index contributed by atoms with van der Waals surface area (Å²) in [6.07, 6.45) is 0.0499. The fourth-order valence-electron chi connectivity index (χ4n) is 4.42. The number of likely N-dealkylation sites (tertiary alicyclic amines) is 1. The van der Waals surface area contributed by atoms with Crippen molar-refractivity contribution in [2.75, 3.05) is 19.6 Å². The van der Waals surface area contributed by atoms with Crippen LogP contribution in [0, 0.1) is 0 Å². The van der Waals surface area contributed by atoms with Gasteiger partial charge in [-0.1, -0.05) is 44.2 Å². The molecule has 1 atom stereocenters. The van der Waals surface area contributed by atoms with Gasteiger partial charge in [-0.25, -0.2) is 9.67 Å². The number of pyridine rings is 1. The van der Waals surface area contributed by atoms with Crippen molar-refractivity contribution in [2.45, 2.75) is 44.8 Å². The van der Waals surface area contributed by atoms with E-state index in [1.807, 2.05) is 32.0 Å². The Morgan fingerprint density at radius 1 is 1.06 bits per heavy atom. The molecule has 180 valence electrons. The lowest BCUT2D eigenvalue weighted by Crippen LogP contribution is -2.37. The summed E-state index contributed by atoms with van der Waals surface area (Å²) < 4.78 is 40.2. The summed E-state index contributed by atoms with van der Waals surface area (Å²) >= 11 is 0. The number of amides is 1. The molecule has 1 aliphatic heterocycles. The zero-order valence-electron chi connectivity index (χ0n) is 19.2. The second-order valence-electron chi connectivity index (χ2n) is 8.79. The molecule has 0 radical (unpaired) electrons. The highest BCUT2D eigenvalue weighted by Crippen LogP contribution is 2.30. The molecule has 1 unspecified atom stereocenters. The van der Waals surface area contributed by atoms with Gasteiger partial charge in [0.1, 0.15) is 0 Å². The van der Waals surface area contributed by atoms with Crippen LogP contribution in [0.2, 0.25) is 0 Å². The van der Waals surface area contributed by atoms with Crippen LogP contribution in [0.25, 0.3) is 5.82 Å². The fraction of sp³-hybridized carbons (Fsp3) is 0.400. The maximum atomic E-state index is 13.2. The van der Waals surface area contributed by atoms with Gasteiger partial charge < -0.3 is 5.32 Å². The van der Waals surface area contributed by atoms with Crippen LogP contribution in [0.15, 0.2) is 54.9 Å². The molecule has 3 heterocycles. The van der Waals surface area contributed by atoms with E-state index in [-0.39, 0.29) is 23.7 Å². The Bertz CT molecular complexity index is 1100.